The molecule has 162 valence electrons. The van der Waals surface area contributed by atoms with E-state index in [2.05, 4.69) is 15.6 Å². The first-order valence-corrected chi connectivity index (χ1v) is 10.0. The van der Waals surface area contributed by atoms with Crippen LogP contribution in [-0.4, -0.2) is 43.7 Å². The maximum atomic E-state index is 13.6. The minimum absolute atomic E-state index is 0.166. The molecule has 1 saturated heterocycles. The smallest absolute Gasteiger partial charge is 0.322 e. The summed E-state index contributed by atoms with van der Waals surface area (Å²) in [6.45, 7) is -2.69. The Labute approximate surface area is 180 Å². The van der Waals surface area contributed by atoms with Gasteiger partial charge in [0.25, 0.3) is 5.91 Å². The number of fused-ring (bicyclic) bond motifs is 1. The number of hydrogen-bond acceptors (Lipinski definition) is 5. The van der Waals surface area contributed by atoms with Gasteiger partial charge in [0.15, 0.2) is 0 Å². The molecule has 1 fully saturated rings. The minimum atomic E-state index is -2.87. The number of aromatic nitrogens is 3. The van der Waals surface area contributed by atoms with Crippen molar-refractivity contribution in [2.24, 2.45) is 0 Å². The number of piperidine rings is 1. The Hall–Kier alpha value is -3.95. The van der Waals surface area contributed by atoms with Crippen LogP contribution in [0.4, 0.5) is 8.78 Å². The molecule has 1 aromatic heterocycles. The third kappa shape index (κ3) is 3.24. The number of carbonyl (C=O) groups is 3. The highest BCUT2D eigenvalue weighted by Crippen LogP contribution is 2.36. The first-order valence-electron chi connectivity index (χ1n) is 10.0. The predicted octanol–water partition coefficient (Wildman–Crippen LogP) is 2.77. The summed E-state index contributed by atoms with van der Waals surface area (Å²) >= 11 is 0. The van der Waals surface area contributed by atoms with Gasteiger partial charge in [-0.15, -0.1) is 5.10 Å². The maximum Gasteiger partial charge on any atom is 0.335 e. The van der Waals surface area contributed by atoms with Crippen molar-refractivity contribution in [2.75, 3.05) is 0 Å². The lowest BCUT2D eigenvalue weighted by Gasteiger charge is -2.29. The topological polar surface area (TPSA) is 97.2 Å². The van der Waals surface area contributed by atoms with E-state index in [0.29, 0.717) is 26.9 Å². The molecule has 2 aromatic carbocycles. The second kappa shape index (κ2) is 7.63. The van der Waals surface area contributed by atoms with Crippen molar-refractivity contribution >= 4 is 17.7 Å². The van der Waals surface area contributed by atoms with Crippen LogP contribution in [0.2, 0.25) is 0 Å². The first kappa shape index (κ1) is 20.0. The van der Waals surface area contributed by atoms with E-state index in [-0.39, 0.29) is 42.6 Å². The van der Waals surface area contributed by atoms with Crippen LogP contribution >= 0.6 is 0 Å². The average molecular weight is 437 g/mol. The molecule has 10 heteroatoms. The summed E-state index contributed by atoms with van der Waals surface area (Å²) in [4.78, 5) is 38.0. The summed E-state index contributed by atoms with van der Waals surface area (Å²) in [7, 11) is 0. The molecule has 1 unspecified atom stereocenters. The summed E-state index contributed by atoms with van der Waals surface area (Å²) < 4.78 is 27.7. The van der Waals surface area contributed by atoms with E-state index < -0.39 is 18.5 Å². The second-order valence-electron chi connectivity index (χ2n) is 7.65. The SMILES string of the molecule is O=C1CCC(N2Cc3cc(-c4nnn(C(F)F)c4-c4ccccc4)ccc3C2=O)C(=O)N1. The molecule has 32 heavy (non-hydrogen) atoms. The first-order chi connectivity index (χ1) is 15.4. The molecule has 2 aliphatic rings. The third-order valence-electron chi connectivity index (χ3n) is 5.72. The van der Waals surface area contributed by atoms with Gasteiger partial charge < -0.3 is 4.90 Å². The molecule has 0 bridgehead atoms. The van der Waals surface area contributed by atoms with Crippen LogP contribution in [0.3, 0.4) is 0 Å². The number of hydrogen-bond donors (Lipinski definition) is 1. The number of imide groups is 1. The fourth-order valence-corrected chi connectivity index (χ4v) is 4.21. The van der Waals surface area contributed by atoms with Gasteiger partial charge in [-0.05, 0) is 24.1 Å². The van der Waals surface area contributed by atoms with Gasteiger partial charge in [0.1, 0.15) is 17.4 Å². The molecule has 3 heterocycles. The van der Waals surface area contributed by atoms with Crippen LogP contribution in [0.15, 0.2) is 48.5 Å². The van der Waals surface area contributed by atoms with E-state index in [1.165, 1.54) is 4.90 Å². The molecule has 3 amide bonds. The van der Waals surface area contributed by atoms with Crippen molar-refractivity contribution in [2.45, 2.75) is 32.0 Å². The van der Waals surface area contributed by atoms with E-state index >= 15 is 0 Å². The van der Waals surface area contributed by atoms with Gasteiger partial charge >= 0.3 is 6.55 Å². The molecule has 2 aliphatic heterocycles. The maximum absolute atomic E-state index is 13.6. The number of carbonyl (C=O) groups excluding carboxylic acids is 3. The Morgan fingerprint density at radius 2 is 1.81 bits per heavy atom. The number of rotatable bonds is 4. The Kier molecular flexibility index (Phi) is 4.76. The Bertz CT molecular complexity index is 1240. The quantitative estimate of drug-likeness (QED) is 0.633. The van der Waals surface area contributed by atoms with Crippen molar-refractivity contribution in [3.63, 3.8) is 0 Å². The highest BCUT2D eigenvalue weighted by molar-refractivity contribution is 6.05. The van der Waals surface area contributed by atoms with Gasteiger partial charge in [-0.25, -0.2) is 0 Å². The van der Waals surface area contributed by atoms with Crippen LogP contribution in [0.1, 0.15) is 35.3 Å². The number of nitrogens with one attached hydrogen (secondary N) is 1. The highest BCUT2D eigenvalue weighted by Gasteiger charge is 2.39. The van der Waals surface area contributed by atoms with Crippen LogP contribution < -0.4 is 5.32 Å². The zero-order valence-corrected chi connectivity index (χ0v) is 16.7. The lowest BCUT2D eigenvalue weighted by Crippen LogP contribution is -2.52. The number of alkyl halides is 2. The van der Waals surface area contributed by atoms with Crippen molar-refractivity contribution < 1.29 is 23.2 Å². The molecular formula is C22H17F2N5O3. The zero-order chi connectivity index (χ0) is 22.4. The molecule has 0 saturated carbocycles. The lowest BCUT2D eigenvalue weighted by atomic mass is 10.0. The fraction of sp³-hybridized carbons (Fsp3) is 0.227. The summed E-state index contributed by atoms with van der Waals surface area (Å²) in [6.07, 6.45) is 0.428. The van der Waals surface area contributed by atoms with Crippen LogP contribution in [0.5, 0.6) is 0 Å². The Morgan fingerprint density at radius 3 is 2.53 bits per heavy atom. The molecule has 3 aromatic rings. The third-order valence-corrected chi connectivity index (χ3v) is 5.72. The molecule has 0 aliphatic carbocycles. The van der Waals surface area contributed by atoms with Crippen molar-refractivity contribution in [1.29, 1.82) is 0 Å². The number of amides is 3. The van der Waals surface area contributed by atoms with Gasteiger partial charge in [0.05, 0.1) is 0 Å². The molecule has 0 radical (unpaired) electrons. The van der Waals surface area contributed by atoms with E-state index in [4.69, 9.17) is 0 Å². The largest absolute Gasteiger partial charge is 0.335 e. The monoisotopic (exact) mass is 437 g/mol. The normalized spacial score (nSPS) is 18.3. The Morgan fingerprint density at radius 1 is 1.03 bits per heavy atom. The van der Waals surface area contributed by atoms with Crippen molar-refractivity contribution in [1.82, 2.24) is 25.2 Å². The van der Waals surface area contributed by atoms with Crippen LogP contribution in [-0.2, 0) is 16.1 Å². The van der Waals surface area contributed by atoms with E-state index in [1.807, 2.05) is 0 Å². The van der Waals surface area contributed by atoms with Gasteiger partial charge in [-0.1, -0.05) is 41.6 Å². The second-order valence-corrected chi connectivity index (χ2v) is 7.65. The minimum Gasteiger partial charge on any atom is -0.322 e. The standard InChI is InChI=1S/C22H17F2N5O3/c23-22(24)29-19(12-4-2-1-3-5-12)18(26-27-29)13-6-7-15-14(10-13)11-28(21(15)32)16-8-9-17(30)25-20(16)31/h1-7,10,16,22H,8-9,11H2,(H,25,30,31). The summed E-state index contributed by atoms with van der Waals surface area (Å²) in [6, 6.07) is 12.9. The van der Waals surface area contributed by atoms with Crippen LogP contribution in [0.25, 0.3) is 22.5 Å². The van der Waals surface area contributed by atoms with E-state index in [1.54, 1.807) is 48.5 Å². The number of benzene rings is 2. The highest BCUT2D eigenvalue weighted by atomic mass is 19.3. The summed E-state index contributed by atoms with van der Waals surface area (Å²) in [5, 5.41) is 9.89. The van der Waals surface area contributed by atoms with E-state index in [0.717, 1.165) is 0 Å². The van der Waals surface area contributed by atoms with Gasteiger partial charge in [-0.2, -0.15) is 13.5 Å². The lowest BCUT2D eigenvalue weighted by molar-refractivity contribution is -0.136. The summed E-state index contributed by atoms with van der Waals surface area (Å²) in [5.74, 6) is -1.15. The number of halogens is 2. The fourth-order valence-electron chi connectivity index (χ4n) is 4.21. The Balaban J connectivity index is 1.52. The van der Waals surface area contributed by atoms with Crippen molar-refractivity contribution in [3.05, 3.63) is 59.7 Å². The zero-order valence-electron chi connectivity index (χ0n) is 16.7. The molecule has 5 rings (SSSR count). The van der Waals surface area contributed by atoms with Gasteiger partial charge in [0.2, 0.25) is 11.8 Å². The molecule has 1 N–H and O–H groups in total. The van der Waals surface area contributed by atoms with Gasteiger partial charge in [-0.3, -0.25) is 19.7 Å². The molecule has 8 nitrogen and oxygen atoms in total. The number of nitrogens with zero attached hydrogens (tertiary/aromatic N) is 4. The van der Waals surface area contributed by atoms with E-state index in [9.17, 15) is 23.2 Å². The molecular weight excluding hydrogens is 420 g/mol. The molecule has 1 atom stereocenters. The predicted molar refractivity (Wildman–Crippen MR) is 108 cm³/mol. The molecule has 0 spiro atoms. The van der Waals surface area contributed by atoms with Gasteiger partial charge in [0, 0.05) is 29.7 Å². The van der Waals surface area contributed by atoms with Crippen molar-refractivity contribution in [3.8, 4) is 22.5 Å². The summed E-state index contributed by atoms with van der Waals surface area (Å²) in [5.41, 5.74) is 2.60. The average Bonchev–Trinajstić information content (AvgIpc) is 3.36. The van der Waals surface area contributed by atoms with Crippen LogP contribution in [0, 0.1) is 0 Å².